The Kier molecular flexibility index (Phi) is 10.6. The summed E-state index contributed by atoms with van der Waals surface area (Å²) >= 11 is 8.57. The van der Waals surface area contributed by atoms with Crippen molar-refractivity contribution < 1.29 is 28.7 Å². The molecule has 0 spiro atoms. The van der Waals surface area contributed by atoms with Crippen LogP contribution in [0.25, 0.3) is 0 Å². The molecule has 0 aliphatic carbocycles. The molecule has 0 saturated heterocycles. The van der Waals surface area contributed by atoms with E-state index in [4.69, 9.17) is 26.4 Å². The van der Waals surface area contributed by atoms with Gasteiger partial charge in [-0.2, -0.15) is 5.10 Å². The summed E-state index contributed by atoms with van der Waals surface area (Å²) in [6.45, 7) is 6.76. The molecule has 1 amide bonds. The van der Waals surface area contributed by atoms with Crippen LogP contribution in [0, 0.1) is 10.1 Å². The molecule has 0 unspecified atom stereocenters. The van der Waals surface area contributed by atoms with Gasteiger partial charge in [-0.05, 0) is 68.0 Å². The minimum Gasteiger partial charge on any atom is -0.483 e. The number of halogens is 1. The molecule has 0 saturated carbocycles. The van der Waals surface area contributed by atoms with E-state index >= 15 is 0 Å². The van der Waals surface area contributed by atoms with Crippen LogP contribution in [0.5, 0.6) is 11.5 Å². The molecule has 2 aromatic carbocycles. The fourth-order valence-corrected chi connectivity index (χ4v) is 4.61. The Morgan fingerprint density at radius 2 is 2.02 bits per heavy atom. The van der Waals surface area contributed by atoms with Crippen LogP contribution in [0.2, 0.25) is 0 Å². The van der Waals surface area contributed by atoms with E-state index in [9.17, 15) is 19.7 Å². The van der Waals surface area contributed by atoms with E-state index in [1.54, 1.807) is 58.0 Å². The third-order valence-corrected chi connectivity index (χ3v) is 6.16. The van der Waals surface area contributed by atoms with Crippen LogP contribution in [-0.2, 0) is 14.3 Å². The lowest BCUT2D eigenvalue weighted by Crippen LogP contribution is -2.45. The van der Waals surface area contributed by atoms with Gasteiger partial charge in [-0.25, -0.2) is 10.2 Å². The molecule has 2 aromatic rings. The maximum Gasteiger partial charge on any atom is 0.338 e. The van der Waals surface area contributed by atoms with Crippen molar-refractivity contribution in [2.75, 3.05) is 13.2 Å². The quantitative estimate of drug-likeness (QED) is 0.109. The van der Waals surface area contributed by atoms with Gasteiger partial charge < -0.3 is 24.8 Å². The molecular weight excluding hydrogens is 606 g/mol. The Labute approximate surface area is 244 Å². The van der Waals surface area contributed by atoms with Gasteiger partial charge in [0.15, 0.2) is 11.7 Å². The fourth-order valence-electron chi connectivity index (χ4n) is 3.77. The summed E-state index contributed by atoms with van der Waals surface area (Å²) in [6.07, 6.45) is 1.000. The van der Waals surface area contributed by atoms with Crippen LogP contribution < -0.4 is 25.5 Å². The number of hydrazone groups is 1. The number of esters is 1. The number of rotatable bonds is 11. The second-order valence-corrected chi connectivity index (χ2v) is 9.95. The lowest BCUT2D eigenvalue weighted by Gasteiger charge is -2.30. The number of hydrogen-bond donors (Lipinski definition) is 3. The standard InChI is InChI=1S/C26H28BrN5O7S/c1-5-37-25(34)22-15(4)29-26(40)30-23(22)17-8-6-7-9-20(17)38-13-21(33)31-28-12-16-10-18(27)24(39-14(2)3)19(11-16)32(35)36/h6-12,14,23H,5,13H2,1-4H3,(H,31,33)(H2,29,30,40)/t23-/m0/s1. The first kappa shape index (κ1) is 30.5. The number of nitrogens with zero attached hydrogens (tertiary/aromatic N) is 2. The third kappa shape index (κ3) is 7.76. The van der Waals surface area contributed by atoms with Crippen molar-refractivity contribution in [2.24, 2.45) is 5.10 Å². The van der Waals surface area contributed by atoms with E-state index in [1.165, 1.54) is 12.3 Å². The molecule has 3 rings (SSSR count). The Balaban J connectivity index is 1.72. The highest BCUT2D eigenvalue weighted by molar-refractivity contribution is 9.10. The van der Waals surface area contributed by atoms with Crippen molar-refractivity contribution >= 4 is 57.0 Å². The number of thiocarbonyl (C=S) groups is 1. The molecule has 212 valence electrons. The van der Waals surface area contributed by atoms with E-state index in [0.29, 0.717) is 37.7 Å². The molecule has 1 aliphatic rings. The summed E-state index contributed by atoms with van der Waals surface area (Å²) in [5, 5.41) is 21.7. The van der Waals surface area contributed by atoms with Crippen molar-refractivity contribution in [2.45, 2.75) is 39.8 Å². The number of nitro benzene ring substituents is 1. The second-order valence-electron chi connectivity index (χ2n) is 8.68. The molecule has 40 heavy (non-hydrogen) atoms. The SMILES string of the molecule is CCOC(=O)C1=C(C)NC(=S)N[C@H]1c1ccccc1OCC(=O)NN=Cc1cc(Br)c(OC(C)C)c([N+](=O)[O-])c1. The van der Waals surface area contributed by atoms with Gasteiger partial charge in [-0.3, -0.25) is 14.9 Å². The number of carbonyl (C=O) groups excluding carboxylic acids is 2. The highest BCUT2D eigenvalue weighted by Crippen LogP contribution is 2.37. The van der Waals surface area contributed by atoms with Crippen LogP contribution in [0.3, 0.4) is 0 Å². The van der Waals surface area contributed by atoms with E-state index < -0.39 is 29.4 Å². The summed E-state index contributed by atoms with van der Waals surface area (Å²) in [6, 6.07) is 9.12. The molecule has 1 atom stereocenters. The van der Waals surface area contributed by atoms with Crippen LogP contribution in [0.4, 0.5) is 5.69 Å². The van der Waals surface area contributed by atoms with E-state index in [-0.39, 0.29) is 24.1 Å². The van der Waals surface area contributed by atoms with Crippen LogP contribution in [0.15, 0.2) is 57.2 Å². The van der Waals surface area contributed by atoms with Gasteiger partial charge in [0, 0.05) is 22.9 Å². The lowest BCUT2D eigenvalue weighted by molar-refractivity contribution is -0.386. The van der Waals surface area contributed by atoms with E-state index in [0.717, 1.165) is 0 Å². The van der Waals surface area contributed by atoms with Crippen molar-refractivity contribution in [1.29, 1.82) is 0 Å². The zero-order chi connectivity index (χ0) is 29.4. The van der Waals surface area contributed by atoms with Crippen LogP contribution >= 0.6 is 28.1 Å². The number of para-hydroxylation sites is 1. The average Bonchev–Trinajstić information content (AvgIpc) is 2.88. The van der Waals surface area contributed by atoms with E-state index in [2.05, 4.69) is 37.1 Å². The molecule has 12 nitrogen and oxygen atoms in total. The summed E-state index contributed by atoms with van der Waals surface area (Å²) in [5.41, 5.74) is 3.91. The minimum absolute atomic E-state index is 0.105. The fraction of sp³-hybridized carbons (Fsp3) is 0.308. The predicted molar refractivity (Wildman–Crippen MR) is 155 cm³/mol. The van der Waals surface area contributed by atoms with Crippen molar-refractivity contribution in [1.82, 2.24) is 16.1 Å². The molecule has 1 heterocycles. The Hall–Kier alpha value is -4.04. The normalized spacial score (nSPS) is 14.9. The number of nitro groups is 1. The number of nitrogens with one attached hydrogen (secondary N) is 3. The topological polar surface area (TPSA) is 153 Å². The number of allylic oxidation sites excluding steroid dienone is 1. The predicted octanol–water partition coefficient (Wildman–Crippen LogP) is 4.03. The number of ether oxygens (including phenoxy) is 3. The number of hydrogen-bond acceptors (Lipinski definition) is 9. The number of benzene rings is 2. The molecule has 1 aliphatic heterocycles. The Morgan fingerprint density at radius 3 is 2.70 bits per heavy atom. The van der Waals surface area contributed by atoms with Gasteiger partial charge in [-0.15, -0.1) is 0 Å². The van der Waals surface area contributed by atoms with Gasteiger partial charge in [0.25, 0.3) is 5.91 Å². The minimum atomic E-state index is -0.665. The molecule has 0 aromatic heterocycles. The first-order valence-corrected chi connectivity index (χ1v) is 13.4. The monoisotopic (exact) mass is 633 g/mol. The lowest BCUT2D eigenvalue weighted by atomic mass is 9.95. The molecule has 0 radical (unpaired) electrons. The Morgan fingerprint density at radius 1 is 1.30 bits per heavy atom. The molecule has 0 bridgehead atoms. The highest BCUT2D eigenvalue weighted by Gasteiger charge is 2.32. The third-order valence-electron chi connectivity index (χ3n) is 5.35. The second kappa shape index (κ2) is 13.8. The highest BCUT2D eigenvalue weighted by atomic mass is 79.9. The largest absolute Gasteiger partial charge is 0.483 e. The smallest absolute Gasteiger partial charge is 0.338 e. The zero-order valence-corrected chi connectivity index (χ0v) is 24.6. The van der Waals surface area contributed by atoms with Crippen molar-refractivity contribution in [3.63, 3.8) is 0 Å². The summed E-state index contributed by atoms with van der Waals surface area (Å²) in [7, 11) is 0. The van der Waals surface area contributed by atoms with Crippen LogP contribution in [0.1, 0.15) is 44.9 Å². The average molecular weight is 635 g/mol. The number of carbonyl (C=O) groups is 2. The molecule has 3 N–H and O–H groups in total. The van der Waals surface area contributed by atoms with Gasteiger partial charge in [0.2, 0.25) is 5.75 Å². The van der Waals surface area contributed by atoms with Crippen molar-refractivity contribution in [3.8, 4) is 11.5 Å². The van der Waals surface area contributed by atoms with Gasteiger partial charge in [0.1, 0.15) is 5.75 Å². The van der Waals surface area contributed by atoms with Gasteiger partial charge in [-0.1, -0.05) is 18.2 Å². The molecule has 0 fully saturated rings. The molecular formula is C26H28BrN5O7S. The van der Waals surface area contributed by atoms with E-state index in [1.807, 2.05) is 0 Å². The Bertz CT molecular complexity index is 1380. The summed E-state index contributed by atoms with van der Waals surface area (Å²) in [4.78, 5) is 36.1. The molecule has 14 heteroatoms. The number of amides is 1. The zero-order valence-electron chi connectivity index (χ0n) is 22.1. The summed E-state index contributed by atoms with van der Waals surface area (Å²) < 4.78 is 16.9. The maximum atomic E-state index is 12.7. The van der Waals surface area contributed by atoms with Crippen molar-refractivity contribution in [3.05, 3.63) is 73.4 Å². The van der Waals surface area contributed by atoms with Gasteiger partial charge >= 0.3 is 11.7 Å². The first-order chi connectivity index (χ1) is 19.0. The first-order valence-electron chi connectivity index (χ1n) is 12.1. The summed E-state index contributed by atoms with van der Waals surface area (Å²) in [5.74, 6) is -0.636. The van der Waals surface area contributed by atoms with Gasteiger partial charge in [0.05, 0.1) is 39.9 Å². The maximum absolute atomic E-state index is 12.7. The van der Waals surface area contributed by atoms with Crippen LogP contribution in [-0.4, -0.2) is 47.4 Å².